The van der Waals surface area contributed by atoms with Crippen LogP contribution >= 0.6 is 31.9 Å². The van der Waals surface area contributed by atoms with Gasteiger partial charge in [0.25, 0.3) is 0 Å². The topological polar surface area (TPSA) is 0 Å². The predicted octanol–water partition coefficient (Wildman–Crippen LogP) is 6.74. The fourth-order valence-electron chi connectivity index (χ4n) is 2.10. The molecule has 1 aromatic carbocycles. The molecule has 0 heterocycles. The highest BCUT2D eigenvalue weighted by molar-refractivity contribution is 9.28. The minimum Gasteiger partial charge on any atom is -0.0685 e. The summed E-state index contributed by atoms with van der Waals surface area (Å²) in [6, 6.07) is 10.8. The first-order valence-corrected chi connectivity index (χ1v) is 11.4. The highest BCUT2D eigenvalue weighted by Gasteiger charge is 2.40. The Labute approximate surface area is 136 Å². The van der Waals surface area contributed by atoms with E-state index in [0.717, 1.165) is 9.81 Å². The van der Waals surface area contributed by atoms with Crippen molar-refractivity contribution in [3.8, 4) is 0 Å². The van der Waals surface area contributed by atoms with E-state index in [-0.39, 0.29) is 0 Å². The van der Waals surface area contributed by atoms with Crippen LogP contribution in [0, 0.1) is 0 Å². The first-order valence-electron chi connectivity index (χ1n) is 6.71. The summed E-state index contributed by atoms with van der Waals surface area (Å²) in [6.45, 7) is 12.1. The van der Waals surface area contributed by atoms with Crippen LogP contribution in [0.2, 0.25) is 23.7 Å². The minimum atomic E-state index is -1.42. The molecule has 0 radical (unpaired) electrons. The summed E-state index contributed by atoms with van der Waals surface area (Å²) in [7, 11) is -1.42. The molecule has 0 saturated carbocycles. The normalized spacial score (nSPS) is 14.1. The van der Waals surface area contributed by atoms with E-state index in [1.807, 2.05) is 0 Å². The minimum absolute atomic E-state index is 0.387. The second-order valence-electron chi connectivity index (χ2n) is 6.72. The number of rotatable bonds is 4. The molecule has 0 nitrogen and oxygen atoms in total. The first kappa shape index (κ1) is 17.2. The van der Waals surface area contributed by atoms with E-state index in [9.17, 15) is 0 Å². The van der Waals surface area contributed by atoms with Crippen LogP contribution in [0.5, 0.6) is 0 Å². The molecule has 0 aliphatic carbocycles. The van der Waals surface area contributed by atoms with Crippen molar-refractivity contribution in [3.05, 3.63) is 45.4 Å². The molecule has 0 aliphatic rings. The summed E-state index contributed by atoms with van der Waals surface area (Å²) < 4.78 is 1.07. The zero-order valence-electron chi connectivity index (χ0n) is 12.5. The molecular formula is C16H24Br2Si. The van der Waals surface area contributed by atoms with Crippen LogP contribution in [0.3, 0.4) is 0 Å². The van der Waals surface area contributed by atoms with Gasteiger partial charge in [0.2, 0.25) is 0 Å². The Balaban J connectivity index is 3.06. The lowest BCUT2D eigenvalue weighted by atomic mass is 10.1. The van der Waals surface area contributed by atoms with Crippen LogP contribution in [0.15, 0.2) is 39.8 Å². The molecule has 0 saturated heterocycles. The van der Waals surface area contributed by atoms with Crippen LogP contribution in [-0.4, -0.2) is 8.07 Å². The van der Waals surface area contributed by atoms with E-state index >= 15 is 0 Å². The van der Waals surface area contributed by atoms with Crippen molar-refractivity contribution in [1.82, 2.24) is 0 Å². The summed E-state index contributed by atoms with van der Waals surface area (Å²) in [6.07, 6.45) is 3.47. The molecule has 0 N–H and O–H groups in total. The molecule has 1 atom stereocenters. The van der Waals surface area contributed by atoms with Gasteiger partial charge in [0.05, 0.1) is 11.5 Å². The maximum Gasteiger partial charge on any atom is 0.0602 e. The fraction of sp³-hybridized carbons (Fsp3) is 0.500. The Kier molecular flexibility index (Phi) is 6.09. The molecule has 19 heavy (non-hydrogen) atoms. The maximum absolute atomic E-state index is 3.55. The van der Waals surface area contributed by atoms with Crippen molar-refractivity contribution < 1.29 is 0 Å². The van der Waals surface area contributed by atoms with Crippen LogP contribution < -0.4 is 0 Å². The maximum atomic E-state index is 3.55. The van der Waals surface area contributed by atoms with Gasteiger partial charge in [0.15, 0.2) is 0 Å². The van der Waals surface area contributed by atoms with Gasteiger partial charge in [0, 0.05) is 0 Å². The summed E-state index contributed by atoms with van der Waals surface area (Å²) >= 11 is 7.10. The van der Waals surface area contributed by atoms with Crippen LogP contribution in [0.25, 0.3) is 0 Å². The van der Waals surface area contributed by atoms with Gasteiger partial charge in [-0.25, -0.2) is 0 Å². The number of hydrogen-bond donors (Lipinski definition) is 0. The van der Waals surface area contributed by atoms with E-state index in [0.29, 0.717) is 10.6 Å². The Morgan fingerprint density at radius 2 is 1.68 bits per heavy atom. The third-order valence-electron chi connectivity index (χ3n) is 4.49. The van der Waals surface area contributed by atoms with Crippen molar-refractivity contribution >= 4 is 39.9 Å². The van der Waals surface area contributed by atoms with Crippen LogP contribution in [0.1, 0.15) is 26.3 Å². The van der Waals surface area contributed by atoms with E-state index in [1.165, 1.54) is 5.56 Å². The molecule has 3 heteroatoms. The lowest BCUT2D eigenvalue weighted by molar-refractivity contribution is 0.694. The lowest BCUT2D eigenvalue weighted by Crippen LogP contribution is -2.42. The van der Waals surface area contributed by atoms with Gasteiger partial charge >= 0.3 is 0 Å². The van der Waals surface area contributed by atoms with Crippen molar-refractivity contribution in [2.45, 2.75) is 50.9 Å². The molecule has 1 unspecified atom stereocenters. The van der Waals surface area contributed by atoms with Gasteiger partial charge in [-0.3, -0.25) is 0 Å². The third-order valence-corrected chi connectivity index (χ3v) is 11.1. The van der Waals surface area contributed by atoms with Gasteiger partial charge in [-0.05, 0) is 54.4 Å². The lowest BCUT2D eigenvalue weighted by Gasteiger charge is -2.42. The fourth-order valence-corrected chi connectivity index (χ4v) is 5.67. The average molecular weight is 404 g/mol. The second-order valence-corrected chi connectivity index (χ2v) is 15.2. The summed E-state index contributed by atoms with van der Waals surface area (Å²) in [5.41, 5.74) is 2.04. The SMILES string of the molecule is CC(C)(C)[Si](C)(C)C(C=C(Br)Br)Cc1ccccc1. The Morgan fingerprint density at radius 3 is 2.11 bits per heavy atom. The summed E-state index contributed by atoms with van der Waals surface area (Å²) in [4.78, 5) is 0. The van der Waals surface area contributed by atoms with Crippen molar-refractivity contribution in [3.63, 3.8) is 0 Å². The largest absolute Gasteiger partial charge is 0.0685 e. The zero-order chi connectivity index (χ0) is 14.7. The molecule has 0 amide bonds. The Morgan fingerprint density at radius 1 is 1.16 bits per heavy atom. The predicted molar refractivity (Wildman–Crippen MR) is 97.0 cm³/mol. The van der Waals surface area contributed by atoms with Gasteiger partial charge in [0.1, 0.15) is 0 Å². The van der Waals surface area contributed by atoms with E-state index < -0.39 is 8.07 Å². The van der Waals surface area contributed by atoms with Gasteiger partial charge in [-0.2, -0.15) is 0 Å². The van der Waals surface area contributed by atoms with Crippen molar-refractivity contribution in [2.75, 3.05) is 0 Å². The highest BCUT2D eigenvalue weighted by atomic mass is 79.9. The van der Waals surface area contributed by atoms with Crippen molar-refractivity contribution in [2.24, 2.45) is 0 Å². The number of allylic oxidation sites excluding steroid dienone is 1. The molecule has 0 bridgehead atoms. The molecule has 1 aromatic rings. The highest BCUT2D eigenvalue weighted by Crippen LogP contribution is 2.46. The molecule has 106 valence electrons. The molecule has 0 aliphatic heterocycles. The molecule has 0 aromatic heterocycles. The van der Waals surface area contributed by atoms with Crippen LogP contribution in [0.4, 0.5) is 0 Å². The van der Waals surface area contributed by atoms with Crippen molar-refractivity contribution in [1.29, 1.82) is 0 Å². The molecule has 0 spiro atoms. The number of halogens is 2. The van der Waals surface area contributed by atoms with Gasteiger partial charge in [-0.15, -0.1) is 0 Å². The number of benzene rings is 1. The van der Waals surface area contributed by atoms with E-state index in [2.05, 4.69) is 102 Å². The van der Waals surface area contributed by atoms with Gasteiger partial charge < -0.3 is 0 Å². The summed E-state index contributed by atoms with van der Waals surface area (Å²) in [5.74, 6) is 0. The zero-order valence-corrected chi connectivity index (χ0v) is 16.7. The quantitative estimate of drug-likeness (QED) is 0.488. The Hall–Kier alpha value is 0.137. The smallest absolute Gasteiger partial charge is 0.0602 e. The first-order chi connectivity index (χ1) is 8.64. The molecule has 1 rings (SSSR count). The van der Waals surface area contributed by atoms with Gasteiger partial charge in [-0.1, -0.05) is 70.3 Å². The standard InChI is InChI=1S/C16H24Br2Si/c1-16(2,3)19(4,5)14(12-15(17)18)11-13-9-7-6-8-10-13/h6-10,12,14H,11H2,1-5H3. The molecule has 0 fully saturated rings. The van der Waals surface area contributed by atoms with E-state index in [4.69, 9.17) is 0 Å². The monoisotopic (exact) mass is 402 g/mol. The Bertz CT molecular complexity index is 426. The molecular weight excluding hydrogens is 380 g/mol. The second kappa shape index (κ2) is 6.73. The average Bonchev–Trinajstić information content (AvgIpc) is 2.27. The number of hydrogen-bond acceptors (Lipinski definition) is 0. The summed E-state index contributed by atoms with van der Waals surface area (Å²) in [5, 5.41) is 0.387. The van der Waals surface area contributed by atoms with Crippen LogP contribution in [-0.2, 0) is 6.42 Å². The third kappa shape index (κ3) is 4.87. The van der Waals surface area contributed by atoms with E-state index in [1.54, 1.807) is 0 Å².